The van der Waals surface area contributed by atoms with Crippen LogP contribution in [0, 0.1) is 0 Å². The van der Waals surface area contributed by atoms with Gasteiger partial charge in [-0.1, -0.05) is 0 Å². The van der Waals surface area contributed by atoms with Crippen molar-refractivity contribution in [2.24, 2.45) is 5.73 Å². The molecule has 1 aromatic rings. The summed E-state index contributed by atoms with van der Waals surface area (Å²) < 4.78 is 5.35. The number of hydrogen-bond donors (Lipinski definition) is 2. The summed E-state index contributed by atoms with van der Waals surface area (Å²) in [6.45, 7) is 1.92. The fourth-order valence-corrected chi connectivity index (χ4v) is 2.38. The highest BCUT2D eigenvalue weighted by Crippen LogP contribution is 2.51. The number of nitrogens with two attached hydrogens (primary N) is 1. The molecule has 1 aliphatic carbocycles. The lowest BCUT2D eigenvalue weighted by Crippen LogP contribution is -2.20. The molecule has 0 radical (unpaired) electrons. The van der Waals surface area contributed by atoms with Crippen LogP contribution in [-0.4, -0.2) is 11.7 Å². The molecule has 15 heavy (non-hydrogen) atoms. The van der Waals surface area contributed by atoms with Crippen LogP contribution in [0.15, 0.2) is 12.1 Å². The highest BCUT2D eigenvalue weighted by atomic mass is 16.5. The fourth-order valence-electron chi connectivity index (χ4n) is 2.38. The van der Waals surface area contributed by atoms with E-state index in [2.05, 4.69) is 6.07 Å². The van der Waals surface area contributed by atoms with E-state index in [1.807, 2.05) is 6.07 Å². The second-order valence-electron chi connectivity index (χ2n) is 4.62. The number of ether oxygens (including phenoxy) is 1. The Morgan fingerprint density at radius 2 is 1.93 bits per heavy atom. The predicted molar refractivity (Wildman–Crippen MR) is 56.6 cm³/mol. The molecule has 0 spiro atoms. The first-order chi connectivity index (χ1) is 7.25. The topological polar surface area (TPSA) is 55.5 Å². The van der Waals surface area contributed by atoms with Gasteiger partial charge in [-0.15, -0.1) is 0 Å². The molecule has 0 aromatic heterocycles. The summed E-state index contributed by atoms with van der Waals surface area (Å²) in [4.78, 5) is 0. The van der Waals surface area contributed by atoms with Crippen LogP contribution >= 0.6 is 0 Å². The third-order valence-corrected chi connectivity index (χ3v) is 3.65. The van der Waals surface area contributed by atoms with Crippen molar-refractivity contribution in [2.75, 3.05) is 6.54 Å². The Balaban J connectivity index is 2.09. The van der Waals surface area contributed by atoms with Gasteiger partial charge in [-0.05, 0) is 36.1 Å². The van der Waals surface area contributed by atoms with Gasteiger partial charge >= 0.3 is 0 Å². The minimum Gasteiger partial charge on any atom is -0.508 e. The van der Waals surface area contributed by atoms with E-state index in [0.717, 1.165) is 24.0 Å². The van der Waals surface area contributed by atoms with Crippen LogP contribution in [0.5, 0.6) is 5.75 Å². The van der Waals surface area contributed by atoms with Crippen molar-refractivity contribution in [3.63, 3.8) is 0 Å². The molecule has 0 amide bonds. The molecule has 0 unspecified atom stereocenters. The van der Waals surface area contributed by atoms with Crippen LogP contribution in [0.25, 0.3) is 0 Å². The molecule has 2 aliphatic rings. The molecular weight excluding hydrogens is 190 g/mol. The van der Waals surface area contributed by atoms with E-state index in [4.69, 9.17) is 10.5 Å². The predicted octanol–water partition coefficient (Wildman–Crippen LogP) is 1.41. The monoisotopic (exact) mass is 205 g/mol. The third kappa shape index (κ3) is 1.27. The maximum atomic E-state index is 9.97. The standard InChI is InChI=1S/C12H15NO2/c13-7-12(1-2-12)10-3-8-5-15-6-9(8)4-11(10)14/h3-4,14H,1-2,5-7,13H2. The SMILES string of the molecule is NCC1(c2cc3c(cc2O)COC3)CC1. The Morgan fingerprint density at radius 3 is 2.53 bits per heavy atom. The third-order valence-electron chi connectivity index (χ3n) is 3.65. The zero-order valence-electron chi connectivity index (χ0n) is 8.62. The molecular formula is C12H15NO2. The minimum absolute atomic E-state index is 0.0572. The quantitative estimate of drug-likeness (QED) is 0.767. The Labute approximate surface area is 88.9 Å². The summed E-state index contributed by atoms with van der Waals surface area (Å²) >= 11 is 0. The first kappa shape index (κ1) is 9.19. The van der Waals surface area contributed by atoms with Gasteiger partial charge in [0, 0.05) is 17.5 Å². The zero-order chi connectivity index (χ0) is 10.5. The van der Waals surface area contributed by atoms with E-state index in [9.17, 15) is 5.11 Å². The Bertz CT molecular complexity index is 410. The minimum atomic E-state index is 0.0572. The second-order valence-corrected chi connectivity index (χ2v) is 4.62. The van der Waals surface area contributed by atoms with Crippen LogP contribution in [0.4, 0.5) is 0 Å². The first-order valence-electron chi connectivity index (χ1n) is 5.38. The van der Waals surface area contributed by atoms with Crippen molar-refractivity contribution in [2.45, 2.75) is 31.5 Å². The Kier molecular flexibility index (Phi) is 1.82. The number of phenolic OH excluding ortho intramolecular Hbond substituents is 1. The van der Waals surface area contributed by atoms with E-state index < -0.39 is 0 Å². The lowest BCUT2D eigenvalue weighted by Gasteiger charge is -2.15. The average Bonchev–Trinajstić information content (AvgIpc) is 2.91. The highest BCUT2D eigenvalue weighted by Gasteiger charge is 2.45. The molecule has 1 saturated carbocycles. The van der Waals surface area contributed by atoms with Gasteiger partial charge in [0.05, 0.1) is 13.2 Å². The summed E-state index contributed by atoms with van der Waals surface area (Å²) in [5, 5.41) is 9.97. The summed E-state index contributed by atoms with van der Waals surface area (Å²) in [7, 11) is 0. The van der Waals surface area contributed by atoms with Gasteiger partial charge in [0.15, 0.2) is 0 Å². The number of aromatic hydroxyl groups is 1. The molecule has 0 atom stereocenters. The molecule has 0 saturated heterocycles. The summed E-state index contributed by atoms with van der Waals surface area (Å²) in [6, 6.07) is 3.92. The van der Waals surface area contributed by atoms with Crippen LogP contribution in [0.3, 0.4) is 0 Å². The van der Waals surface area contributed by atoms with E-state index in [1.165, 1.54) is 5.56 Å². The smallest absolute Gasteiger partial charge is 0.119 e. The van der Waals surface area contributed by atoms with Crippen LogP contribution in [0.2, 0.25) is 0 Å². The van der Waals surface area contributed by atoms with Gasteiger partial charge in [0.1, 0.15) is 5.75 Å². The molecule has 0 bridgehead atoms. The summed E-state index contributed by atoms with van der Waals surface area (Å²) in [5.74, 6) is 0.391. The maximum absolute atomic E-state index is 9.97. The Hall–Kier alpha value is -1.06. The number of rotatable bonds is 2. The molecule has 3 nitrogen and oxygen atoms in total. The van der Waals surface area contributed by atoms with Crippen LogP contribution < -0.4 is 5.73 Å². The van der Waals surface area contributed by atoms with Gasteiger partial charge in [0.2, 0.25) is 0 Å². The number of phenols is 1. The van der Waals surface area contributed by atoms with Gasteiger partial charge in [-0.25, -0.2) is 0 Å². The van der Waals surface area contributed by atoms with Crippen molar-refractivity contribution in [3.05, 3.63) is 28.8 Å². The molecule has 1 aromatic carbocycles. The summed E-state index contributed by atoms with van der Waals surface area (Å²) in [6.07, 6.45) is 2.19. The molecule has 1 fully saturated rings. The van der Waals surface area contributed by atoms with Gasteiger partial charge in [-0.3, -0.25) is 0 Å². The lowest BCUT2D eigenvalue weighted by molar-refractivity contribution is 0.134. The van der Waals surface area contributed by atoms with E-state index in [1.54, 1.807) is 0 Å². The van der Waals surface area contributed by atoms with Gasteiger partial charge < -0.3 is 15.6 Å². The maximum Gasteiger partial charge on any atom is 0.119 e. The highest BCUT2D eigenvalue weighted by molar-refractivity contribution is 5.49. The van der Waals surface area contributed by atoms with Crippen molar-refractivity contribution < 1.29 is 9.84 Å². The molecule has 3 rings (SSSR count). The molecule has 80 valence electrons. The number of fused-ring (bicyclic) bond motifs is 1. The summed E-state index contributed by atoms with van der Waals surface area (Å²) in [5.41, 5.74) is 9.18. The Morgan fingerprint density at radius 1 is 1.27 bits per heavy atom. The molecule has 3 heteroatoms. The lowest BCUT2D eigenvalue weighted by atomic mass is 9.92. The molecule has 1 aliphatic heterocycles. The van der Waals surface area contributed by atoms with Gasteiger partial charge in [0.25, 0.3) is 0 Å². The van der Waals surface area contributed by atoms with Crippen molar-refractivity contribution >= 4 is 0 Å². The van der Waals surface area contributed by atoms with Crippen LogP contribution in [-0.2, 0) is 23.4 Å². The van der Waals surface area contributed by atoms with Crippen molar-refractivity contribution in [1.82, 2.24) is 0 Å². The zero-order valence-corrected chi connectivity index (χ0v) is 8.62. The van der Waals surface area contributed by atoms with Crippen molar-refractivity contribution in [3.8, 4) is 5.75 Å². The van der Waals surface area contributed by atoms with E-state index in [-0.39, 0.29) is 5.41 Å². The molecule has 1 heterocycles. The van der Waals surface area contributed by atoms with Crippen LogP contribution in [0.1, 0.15) is 29.5 Å². The molecule has 3 N–H and O–H groups in total. The largest absolute Gasteiger partial charge is 0.508 e. The fraction of sp³-hybridized carbons (Fsp3) is 0.500. The number of benzene rings is 1. The van der Waals surface area contributed by atoms with E-state index in [0.29, 0.717) is 25.5 Å². The van der Waals surface area contributed by atoms with Gasteiger partial charge in [-0.2, -0.15) is 0 Å². The van der Waals surface area contributed by atoms with Crippen molar-refractivity contribution in [1.29, 1.82) is 0 Å². The average molecular weight is 205 g/mol. The normalized spacial score (nSPS) is 21.4. The number of hydrogen-bond acceptors (Lipinski definition) is 3. The van der Waals surface area contributed by atoms with E-state index >= 15 is 0 Å². The second kappa shape index (κ2) is 2.97. The first-order valence-corrected chi connectivity index (χ1v) is 5.38.